The quantitative estimate of drug-likeness (QED) is 0.418. The molecule has 3 rings (SSSR count). The maximum absolute atomic E-state index is 13.2. The van der Waals surface area contributed by atoms with E-state index in [4.69, 9.17) is 11.6 Å². The van der Waals surface area contributed by atoms with Crippen LogP contribution >= 0.6 is 11.6 Å². The molecule has 32 heavy (non-hydrogen) atoms. The summed E-state index contributed by atoms with van der Waals surface area (Å²) in [6.45, 7) is 0.411. The average Bonchev–Trinajstić information content (AvgIpc) is 3.21. The first kappa shape index (κ1) is 23.6. The van der Waals surface area contributed by atoms with E-state index in [2.05, 4.69) is 21.3 Å². The van der Waals surface area contributed by atoms with Crippen molar-refractivity contribution < 1.29 is 32.8 Å². The molecule has 1 aromatic carbocycles. The zero-order chi connectivity index (χ0) is 23.6. The summed E-state index contributed by atoms with van der Waals surface area (Å²) in [5, 5.41) is 9.61. The summed E-state index contributed by atoms with van der Waals surface area (Å²) in [5.41, 5.74) is -0.259. The molecule has 1 heterocycles. The van der Waals surface area contributed by atoms with Crippen LogP contribution in [0.2, 0.25) is 5.02 Å². The van der Waals surface area contributed by atoms with Gasteiger partial charge in [-0.2, -0.15) is 0 Å². The number of alkyl halides is 2. The predicted octanol–water partition coefficient (Wildman–Crippen LogP) is 0.873. The van der Waals surface area contributed by atoms with Crippen LogP contribution in [0.1, 0.15) is 29.6 Å². The largest absolute Gasteiger partial charge is 0.356 e. The van der Waals surface area contributed by atoms with Crippen LogP contribution in [0.4, 0.5) is 14.5 Å². The number of ketones is 1. The van der Waals surface area contributed by atoms with Crippen molar-refractivity contribution in [3.8, 4) is 0 Å². The van der Waals surface area contributed by atoms with Gasteiger partial charge in [-0.1, -0.05) is 11.6 Å². The second-order valence-corrected chi connectivity index (χ2v) is 8.12. The van der Waals surface area contributed by atoms with Crippen molar-refractivity contribution in [2.75, 3.05) is 18.9 Å². The van der Waals surface area contributed by atoms with Crippen LogP contribution in [0, 0.1) is 11.8 Å². The number of nitrogens with one attached hydrogen (secondary N) is 4. The first-order valence-electron chi connectivity index (χ1n) is 9.86. The van der Waals surface area contributed by atoms with Gasteiger partial charge in [0.25, 0.3) is 17.7 Å². The SMILES string of the molecule is CNC(=O)C(=O)C(C[C@@H]1CCNC1=O)NC(=O)c1cc(Cl)ccc1NC(=O)[C@H]1CC1(F)F. The summed E-state index contributed by atoms with van der Waals surface area (Å²) in [6, 6.07) is 2.50. The van der Waals surface area contributed by atoms with Crippen LogP contribution in [0.15, 0.2) is 18.2 Å². The van der Waals surface area contributed by atoms with E-state index in [1.165, 1.54) is 25.2 Å². The lowest BCUT2D eigenvalue weighted by Gasteiger charge is -2.20. The van der Waals surface area contributed by atoms with Gasteiger partial charge in [-0.05, 0) is 31.0 Å². The zero-order valence-electron chi connectivity index (χ0n) is 17.0. The minimum atomic E-state index is -3.09. The number of anilines is 1. The second-order valence-electron chi connectivity index (χ2n) is 7.68. The highest BCUT2D eigenvalue weighted by Gasteiger charge is 2.61. The Morgan fingerprint density at radius 3 is 2.53 bits per heavy atom. The number of hydrogen-bond acceptors (Lipinski definition) is 5. The molecule has 0 bridgehead atoms. The predicted molar refractivity (Wildman–Crippen MR) is 109 cm³/mol. The molecule has 12 heteroatoms. The number of rotatable bonds is 8. The highest BCUT2D eigenvalue weighted by molar-refractivity contribution is 6.38. The van der Waals surface area contributed by atoms with Crippen LogP contribution < -0.4 is 21.3 Å². The summed E-state index contributed by atoms with van der Waals surface area (Å²) in [6.07, 6.45) is -0.263. The first-order valence-corrected chi connectivity index (χ1v) is 10.2. The molecule has 1 unspecified atom stereocenters. The molecule has 4 N–H and O–H groups in total. The molecule has 1 aromatic rings. The van der Waals surface area contributed by atoms with Crippen molar-refractivity contribution >= 4 is 46.7 Å². The Kier molecular flexibility index (Phi) is 6.77. The van der Waals surface area contributed by atoms with E-state index >= 15 is 0 Å². The lowest BCUT2D eigenvalue weighted by Crippen LogP contribution is -2.48. The number of amides is 4. The Labute approximate surface area is 186 Å². The Bertz CT molecular complexity index is 987. The second kappa shape index (κ2) is 9.19. The van der Waals surface area contributed by atoms with Gasteiger partial charge in [0.2, 0.25) is 17.6 Å². The highest BCUT2D eigenvalue weighted by atomic mass is 35.5. The van der Waals surface area contributed by atoms with Gasteiger partial charge in [-0.3, -0.25) is 24.0 Å². The lowest BCUT2D eigenvalue weighted by atomic mass is 9.95. The van der Waals surface area contributed by atoms with Crippen molar-refractivity contribution in [3.05, 3.63) is 28.8 Å². The molecule has 3 atom stereocenters. The molecule has 1 saturated heterocycles. The number of carbonyl (C=O) groups excluding carboxylic acids is 5. The minimum Gasteiger partial charge on any atom is -0.356 e. The molecule has 0 spiro atoms. The van der Waals surface area contributed by atoms with E-state index in [-0.39, 0.29) is 28.6 Å². The smallest absolute Gasteiger partial charge is 0.289 e. The van der Waals surface area contributed by atoms with Gasteiger partial charge in [-0.25, -0.2) is 8.78 Å². The number of Topliss-reactive ketones (excluding diaryl/α,β-unsaturated/α-hetero) is 1. The van der Waals surface area contributed by atoms with Crippen LogP contribution in [-0.2, 0) is 19.2 Å². The van der Waals surface area contributed by atoms with Gasteiger partial charge in [0.05, 0.1) is 17.3 Å². The van der Waals surface area contributed by atoms with Gasteiger partial charge in [-0.15, -0.1) is 0 Å². The lowest BCUT2D eigenvalue weighted by molar-refractivity contribution is -0.139. The van der Waals surface area contributed by atoms with E-state index in [1.807, 2.05) is 0 Å². The van der Waals surface area contributed by atoms with E-state index in [9.17, 15) is 32.8 Å². The number of halogens is 3. The number of benzene rings is 1. The number of likely N-dealkylation sites (N-methyl/N-ethyl adjacent to an activating group) is 1. The third-order valence-electron chi connectivity index (χ3n) is 5.38. The molecule has 4 amide bonds. The molecule has 172 valence electrons. The normalized spacial score (nSPS) is 21.8. The highest BCUT2D eigenvalue weighted by Crippen LogP contribution is 2.49. The summed E-state index contributed by atoms with van der Waals surface area (Å²) in [4.78, 5) is 61.3. The van der Waals surface area contributed by atoms with Gasteiger partial charge in [0.1, 0.15) is 5.92 Å². The number of carbonyl (C=O) groups is 5. The van der Waals surface area contributed by atoms with Crippen molar-refractivity contribution in [2.24, 2.45) is 11.8 Å². The summed E-state index contributed by atoms with van der Waals surface area (Å²) in [7, 11) is 1.25. The fourth-order valence-corrected chi connectivity index (χ4v) is 3.61. The van der Waals surface area contributed by atoms with Crippen molar-refractivity contribution in [1.82, 2.24) is 16.0 Å². The van der Waals surface area contributed by atoms with Crippen LogP contribution in [-0.4, -0.2) is 55.0 Å². The van der Waals surface area contributed by atoms with Crippen molar-refractivity contribution in [3.63, 3.8) is 0 Å². The molecule has 2 aliphatic rings. The molecule has 1 aliphatic heterocycles. The molecule has 1 saturated carbocycles. The van der Waals surface area contributed by atoms with E-state index in [0.29, 0.717) is 13.0 Å². The van der Waals surface area contributed by atoms with Crippen molar-refractivity contribution in [2.45, 2.75) is 31.2 Å². The minimum absolute atomic E-state index is 0.0793. The Balaban J connectivity index is 1.81. The fourth-order valence-electron chi connectivity index (χ4n) is 3.43. The molecule has 1 aliphatic carbocycles. The molecule has 0 radical (unpaired) electrons. The van der Waals surface area contributed by atoms with Crippen LogP contribution in [0.25, 0.3) is 0 Å². The third-order valence-corrected chi connectivity index (χ3v) is 5.62. The molecular weight excluding hydrogens is 450 g/mol. The average molecular weight is 471 g/mol. The summed E-state index contributed by atoms with van der Waals surface area (Å²) >= 11 is 5.95. The van der Waals surface area contributed by atoms with Gasteiger partial charge >= 0.3 is 0 Å². The Hall–Kier alpha value is -3.08. The van der Waals surface area contributed by atoms with Gasteiger partial charge in [0.15, 0.2) is 0 Å². The fraction of sp³-hybridized carbons (Fsp3) is 0.450. The van der Waals surface area contributed by atoms with Crippen molar-refractivity contribution in [1.29, 1.82) is 0 Å². The topological polar surface area (TPSA) is 133 Å². The summed E-state index contributed by atoms with van der Waals surface area (Å²) < 4.78 is 26.4. The van der Waals surface area contributed by atoms with Crippen LogP contribution in [0.3, 0.4) is 0 Å². The molecular formula is C20H21ClF2N4O5. The van der Waals surface area contributed by atoms with Crippen LogP contribution in [0.5, 0.6) is 0 Å². The maximum atomic E-state index is 13.2. The zero-order valence-corrected chi connectivity index (χ0v) is 17.7. The third kappa shape index (κ3) is 5.21. The maximum Gasteiger partial charge on any atom is 0.289 e. The van der Waals surface area contributed by atoms with E-state index in [1.54, 1.807) is 0 Å². The van der Waals surface area contributed by atoms with Gasteiger partial charge in [0, 0.05) is 31.0 Å². The Morgan fingerprint density at radius 2 is 1.97 bits per heavy atom. The van der Waals surface area contributed by atoms with Gasteiger partial charge < -0.3 is 21.3 Å². The molecule has 2 fully saturated rings. The monoisotopic (exact) mass is 470 g/mol. The summed E-state index contributed by atoms with van der Waals surface area (Å²) in [5.74, 6) is -9.18. The number of hydrogen-bond donors (Lipinski definition) is 4. The first-order chi connectivity index (χ1) is 15.0. The standard InChI is InChI=1S/C20H21ClF2N4O5/c1-24-19(32)15(28)14(6-9-4-5-25-16(9)29)27-17(30)11-7-10(21)2-3-13(11)26-18(31)12-8-20(12,22)23/h2-3,7,9,12,14H,4-6,8H2,1H3,(H,24,32)(H,25,29)(H,26,31)(H,27,30)/t9-,12+,14?/m0/s1. The molecule has 0 aromatic heterocycles. The van der Waals surface area contributed by atoms with E-state index < -0.39 is 53.7 Å². The molecule has 9 nitrogen and oxygen atoms in total. The van der Waals surface area contributed by atoms with E-state index in [0.717, 1.165) is 0 Å². The Morgan fingerprint density at radius 1 is 1.28 bits per heavy atom.